The highest BCUT2D eigenvalue weighted by Gasteiger charge is 2.11. The second kappa shape index (κ2) is 7.68. The molecule has 118 valence electrons. The number of hydrogen-bond donors (Lipinski definition) is 3. The molecule has 0 unspecified atom stereocenters. The number of rotatable bonds is 4. The monoisotopic (exact) mass is 337 g/mol. The van der Waals surface area contributed by atoms with Crippen LogP contribution in [0.3, 0.4) is 0 Å². The molecule has 0 spiro atoms. The third-order valence-corrected chi connectivity index (χ3v) is 3.37. The number of carbonyl (C=O) groups is 1. The summed E-state index contributed by atoms with van der Waals surface area (Å²) in [7, 11) is 0. The number of anilines is 3. The zero-order valence-corrected chi connectivity index (χ0v) is 13.1. The van der Waals surface area contributed by atoms with E-state index in [-0.39, 0.29) is 5.57 Å². The smallest absolute Gasteiger partial charge is 0.267 e. The quantitative estimate of drug-likeness (QED) is 0.450. The summed E-state index contributed by atoms with van der Waals surface area (Å²) in [6.45, 7) is 0. The Hall–Kier alpha value is -3.48. The van der Waals surface area contributed by atoms with Crippen LogP contribution in [0, 0.1) is 22.7 Å². The van der Waals surface area contributed by atoms with Crippen molar-refractivity contribution in [1.29, 1.82) is 10.5 Å². The topological polar surface area (TPSA) is 115 Å². The number of amides is 1. The summed E-state index contributed by atoms with van der Waals surface area (Å²) in [5.41, 5.74) is 7.10. The fraction of sp³-hybridized carbons (Fsp3) is 0. The van der Waals surface area contributed by atoms with Crippen LogP contribution in [0.2, 0.25) is 5.02 Å². The van der Waals surface area contributed by atoms with Gasteiger partial charge in [-0.2, -0.15) is 10.5 Å². The number of para-hydroxylation sites is 1. The average Bonchev–Trinajstić information content (AvgIpc) is 2.59. The van der Waals surface area contributed by atoms with E-state index in [1.165, 1.54) is 6.20 Å². The lowest BCUT2D eigenvalue weighted by atomic mass is 10.2. The van der Waals surface area contributed by atoms with Gasteiger partial charge in [-0.3, -0.25) is 4.79 Å². The second-order valence-corrected chi connectivity index (χ2v) is 5.07. The zero-order chi connectivity index (χ0) is 17.5. The van der Waals surface area contributed by atoms with Crippen LogP contribution in [0.4, 0.5) is 17.1 Å². The number of nitrogens with one attached hydrogen (secondary N) is 2. The number of nitrogens with zero attached hydrogens (tertiary/aromatic N) is 2. The minimum Gasteiger partial charge on any atom is -0.398 e. The van der Waals surface area contributed by atoms with Crippen LogP contribution in [-0.2, 0) is 4.79 Å². The number of nitrogens with two attached hydrogens (primary N) is 1. The molecule has 1 amide bonds. The standard InChI is InChI=1S/C17H12ClN5O/c18-14-7-13(5-6-15(14)21)22-10-12(9-20)17(24)23-16-4-2-1-3-11(16)8-19/h1-7,10,22H,21H2,(H,23,24)/b12-10-. The van der Waals surface area contributed by atoms with Gasteiger partial charge in [-0.1, -0.05) is 23.7 Å². The molecule has 0 bridgehead atoms. The Balaban J connectivity index is 2.15. The molecule has 0 atom stereocenters. The number of halogens is 1. The molecule has 2 aromatic carbocycles. The second-order valence-electron chi connectivity index (χ2n) is 4.66. The van der Waals surface area contributed by atoms with Crippen LogP contribution in [0.1, 0.15) is 5.56 Å². The number of carbonyl (C=O) groups excluding carboxylic acids is 1. The lowest BCUT2D eigenvalue weighted by Gasteiger charge is -2.07. The highest BCUT2D eigenvalue weighted by molar-refractivity contribution is 6.33. The molecular weight excluding hydrogens is 326 g/mol. The first-order valence-corrected chi connectivity index (χ1v) is 7.15. The molecule has 0 saturated carbocycles. The van der Waals surface area contributed by atoms with Crippen molar-refractivity contribution in [3.63, 3.8) is 0 Å². The van der Waals surface area contributed by atoms with Crippen LogP contribution in [0.5, 0.6) is 0 Å². The molecule has 0 saturated heterocycles. The van der Waals surface area contributed by atoms with Crippen LogP contribution in [0.15, 0.2) is 54.2 Å². The van der Waals surface area contributed by atoms with Gasteiger partial charge in [0.1, 0.15) is 17.7 Å². The van der Waals surface area contributed by atoms with Crippen molar-refractivity contribution in [2.24, 2.45) is 0 Å². The van der Waals surface area contributed by atoms with Gasteiger partial charge in [0.25, 0.3) is 5.91 Å². The number of hydrogen-bond acceptors (Lipinski definition) is 5. The van der Waals surface area contributed by atoms with E-state index >= 15 is 0 Å². The van der Waals surface area contributed by atoms with Gasteiger partial charge >= 0.3 is 0 Å². The van der Waals surface area contributed by atoms with E-state index < -0.39 is 5.91 Å². The van der Waals surface area contributed by atoms with Crippen LogP contribution < -0.4 is 16.4 Å². The van der Waals surface area contributed by atoms with Crippen LogP contribution in [0.25, 0.3) is 0 Å². The zero-order valence-electron chi connectivity index (χ0n) is 12.4. The third-order valence-electron chi connectivity index (χ3n) is 3.04. The van der Waals surface area contributed by atoms with Gasteiger partial charge in [0.15, 0.2) is 0 Å². The van der Waals surface area contributed by atoms with Crippen molar-refractivity contribution in [2.45, 2.75) is 0 Å². The van der Waals surface area contributed by atoms with Crippen molar-refractivity contribution in [3.8, 4) is 12.1 Å². The summed E-state index contributed by atoms with van der Waals surface area (Å²) in [5, 5.41) is 23.9. The Labute approximate surface area is 143 Å². The van der Waals surface area contributed by atoms with Gasteiger partial charge in [-0.25, -0.2) is 0 Å². The molecule has 2 rings (SSSR count). The molecule has 0 aromatic heterocycles. The van der Waals surface area contributed by atoms with Gasteiger partial charge in [0.05, 0.1) is 22.0 Å². The normalized spacial score (nSPS) is 10.4. The molecule has 0 aliphatic carbocycles. The highest BCUT2D eigenvalue weighted by Crippen LogP contribution is 2.22. The average molecular weight is 338 g/mol. The molecular formula is C17H12ClN5O. The number of benzene rings is 2. The van der Waals surface area contributed by atoms with Gasteiger partial charge < -0.3 is 16.4 Å². The van der Waals surface area contributed by atoms with Crippen molar-refractivity contribution in [1.82, 2.24) is 0 Å². The van der Waals surface area contributed by atoms with E-state index in [1.54, 1.807) is 48.5 Å². The summed E-state index contributed by atoms with van der Waals surface area (Å²) < 4.78 is 0. The van der Waals surface area contributed by atoms with Crippen LogP contribution in [-0.4, -0.2) is 5.91 Å². The first-order valence-electron chi connectivity index (χ1n) is 6.77. The van der Waals surface area contributed by atoms with E-state index in [0.29, 0.717) is 27.6 Å². The summed E-state index contributed by atoms with van der Waals surface area (Å²) in [4.78, 5) is 12.2. The van der Waals surface area contributed by atoms with Crippen molar-refractivity contribution in [3.05, 3.63) is 64.8 Å². The maximum Gasteiger partial charge on any atom is 0.267 e. The Morgan fingerprint density at radius 3 is 2.62 bits per heavy atom. The van der Waals surface area contributed by atoms with Gasteiger partial charge in [-0.05, 0) is 30.3 Å². The highest BCUT2D eigenvalue weighted by atomic mass is 35.5. The van der Waals surface area contributed by atoms with Crippen LogP contribution >= 0.6 is 11.6 Å². The Kier molecular flexibility index (Phi) is 5.40. The van der Waals surface area contributed by atoms with E-state index in [9.17, 15) is 4.79 Å². The first kappa shape index (κ1) is 16.9. The summed E-state index contributed by atoms with van der Waals surface area (Å²) in [5.74, 6) is -0.630. The van der Waals surface area contributed by atoms with Gasteiger partial charge in [-0.15, -0.1) is 0 Å². The summed E-state index contributed by atoms with van der Waals surface area (Å²) in [6.07, 6.45) is 1.26. The van der Waals surface area contributed by atoms with Crippen molar-refractivity contribution >= 4 is 34.6 Å². The van der Waals surface area contributed by atoms with E-state index in [4.69, 9.17) is 27.9 Å². The largest absolute Gasteiger partial charge is 0.398 e. The van der Waals surface area contributed by atoms with Crippen molar-refractivity contribution < 1.29 is 4.79 Å². The van der Waals surface area contributed by atoms with Gasteiger partial charge in [0, 0.05) is 11.9 Å². The SMILES string of the molecule is N#C/C(=C/Nc1ccc(N)c(Cl)c1)C(=O)Nc1ccccc1C#N. The first-order chi connectivity index (χ1) is 11.5. The molecule has 7 heteroatoms. The summed E-state index contributed by atoms with van der Waals surface area (Å²) >= 11 is 5.91. The molecule has 0 fully saturated rings. The fourth-order valence-corrected chi connectivity index (χ4v) is 1.98. The molecule has 2 aromatic rings. The van der Waals surface area contributed by atoms with E-state index in [0.717, 1.165) is 0 Å². The molecule has 4 N–H and O–H groups in total. The Morgan fingerprint density at radius 1 is 1.21 bits per heavy atom. The number of nitrogen functional groups attached to an aromatic ring is 1. The predicted octanol–water partition coefficient (Wildman–Crippen LogP) is 3.25. The number of nitriles is 2. The molecule has 6 nitrogen and oxygen atoms in total. The molecule has 0 radical (unpaired) electrons. The summed E-state index contributed by atoms with van der Waals surface area (Å²) in [6, 6.07) is 15.1. The minimum atomic E-state index is -0.630. The molecule has 0 heterocycles. The maximum absolute atomic E-state index is 12.2. The Morgan fingerprint density at radius 2 is 1.96 bits per heavy atom. The minimum absolute atomic E-state index is 0.157. The lowest BCUT2D eigenvalue weighted by Crippen LogP contribution is -2.15. The van der Waals surface area contributed by atoms with Crippen molar-refractivity contribution in [2.75, 3.05) is 16.4 Å². The fourth-order valence-electron chi connectivity index (χ4n) is 1.80. The van der Waals surface area contributed by atoms with E-state index in [1.807, 2.05) is 6.07 Å². The maximum atomic E-state index is 12.2. The third kappa shape index (κ3) is 4.04. The molecule has 24 heavy (non-hydrogen) atoms. The predicted molar refractivity (Wildman–Crippen MR) is 93.0 cm³/mol. The lowest BCUT2D eigenvalue weighted by molar-refractivity contribution is -0.112. The Bertz CT molecular complexity index is 893. The van der Waals surface area contributed by atoms with Gasteiger partial charge in [0.2, 0.25) is 0 Å². The van der Waals surface area contributed by atoms with E-state index in [2.05, 4.69) is 10.6 Å². The molecule has 0 aliphatic rings. The molecule has 0 aliphatic heterocycles.